The summed E-state index contributed by atoms with van der Waals surface area (Å²) in [6, 6.07) is 0. The van der Waals surface area contributed by atoms with Crippen molar-refractivity contribution in [2.75, 3.05) is 0 Å². The van der Waals surface area contributed by atoms with Crippen molar-refractivity contribution in [3.05, 3.63) is 17.0 Å². The van der Waals surface area contributed by atoms with Crippen LogP contribution in [0.3, 0.4) is 0 Å². The highest BCUT2D eigenvalue weighted by atomic mass is 16.4. The summed E-state index contributed by atoms with van der Waals surface area (Å²) in [6.07, 6.45) is 6.20. The van der Waals surface area contributed by atoms with Crippen molar-refractivity contribution in [3.63, 3.8) is 0 Å². The van der Waals surface area contributed by atoms with Crippen LogP contribution < -0.4 is 0 Å². The number of carboxylic acid groups (broad SMARTS) is 1. The molecule has 2 saturated carbocycles. The summed E-state index contributed by atoms with van der Waals surface area (Å²) in [5, 5.41) is 16.3. The Morgan fingerprint density at radius 1 is 1.12 bits per heavy atom. The molecule has 1 aromatic rings. The van der Waals surface area contributed by atoms with Gasteiger partial charge in [0.25, 0.3) is 0 Å². The second-order valence-corrected chi connectivity index (χ2v) is 6.01. The molecule has 4 bridgehead atoms. The van der Waals surface area contributed by atoms with Crippen LogP contribution in [0.15, 0.2) is 0 Å². The average Bonchev–Trinajstić information content (AvgIpc) is 2.65. The molecule has 2 unspecified atom stereocenters. The fourth-order valence-corrected chi connectivity index (χ4v) is 4.57. The van der Waals surface area contributed by atoms with Crippen LogP contribution in [0.1, 0.15) is 65.7 Å². The lowest BCUT2D eigenvalue weighted by Gasteiger charge is -2.38. The van der Waals surface area contributed by atoms with E-state index in [0.717, 1.165) is 23.1 Å². The molecule has 0 spiro atoms. The molecule has 2 N–H and O–H groups in total. The van der Waals surface area contributed by atoms with Crippen molar-refractivity contribution in [2.45, 2.75) is 43.9 Å². The van der Waals surface area contributed by atoms with Crippen molar-refractivity contribution in [1.29, 1.82) is 0 Å². The van der Waals surface area contributed by atoms with E-state index >= 15 is 0 Å². The first-order valence-electron chi connectivity index (χ1n) is 6.53. The van der Waals surface area contributed by atoms with Gasteiger partial charge in [0.2, 0.25) is 0 Å². The largest absolute Gasteiger partial charge is 0.476 e. The molecule has 90 valence electrons. The summed E-state index contributed by atoms with van der Waals surface area (Å²) in [5.41, 5.74) is 2.49. The number of aromatic carboxylic acids is 1. The van der Waals surface area contributed by atoms with Crippen molar-refractivity contribution in [2.24, 2.45) is 11.8 Å². The maximum Gasteiger partial charge on any atom is 0.356 e. The maximum absolute atomic E-state index is 11.2. The Morgan fingerprint density at radius 2 is 1.76 bits per heavy atom. The third kappa shape index (κ3) is 1.24. The second-order valence-electron chi connectivity index (χ2n) is 6.01. The molecule has 1 heterocycles. The number of carboxylic acids is 1. The van der Waals surface area contributed by atoms with Gasteiger partial charge >= 0.3 is 5.97 Å². The summed E-state index contributed by atoms with van der Waals surface area (Å²) in [4.78, 5) is 11.2. The van der Waals surface area contributed by atoms with Crippen molar-refractivity contribution in [1.82, 2.24) is 10.2 Å². The van der Waals surface area contributed by atoms with E-state index in [-0.39, 0.29) is 0 Å². The minimum atomic E-state index is -0.872. The third-order valence-electron chi connectivity index (χ3n) is 4.99. The molecule has 0 aromatic carbocycles. The zero-order valence-electron chi connectivity index (χ0n) is 9.65. The van der Waals surface area contributed by atoms with Gasteiger partial charge in [0.05, 0.1) is 0 Å². The van der Waals surface area contributed by atoms with E-state index < -0.39 is 5.97 Å². The van der Waals surface area contributed by atoms with Crippen LogP contribution in [0.4, 0.5) is 0 Å². The molecule has 4 aliphatic rings. The molecule has 0 saturated heterocycles. The number of hydrogen-bond donors (Lipinski definition) is 2. The zero-order valence-corrected chi connectivity index (χ0v) is 9.65. The topological polar surface area (TPSA) is 66.0 Å². The number of aromatic amines is 1. The predicted molar refractivity (Wildman–Crippen MR) is 61.1 cm³/mol. The van der Waals surface area contributed by atoms with E-state index in [9.17, 15) is 9.90 Å². The summed E-state index contributed by atoms with van der Waals surface area (Å²) in [6.45, 7) is 0. The molecule has 17 heavy (non-hydrogen) atoms. The maximum atomic E-state index is 11.2. The molecule has 4 heteroatoms. The van der Waals surface area contributed by atoms with E-state index in [1.165, 1.54) is 32.1 Å². The molecule has 2 fully saturated rings. The molecule has 1 aromatic heterocycles. The van der Waals surface area contributed by atoms with Crippen LogP contribution >= 0.6 is 0 Å². The van der Waals surface area contributed by atoms with Gasteiger partial charge in [-0.25, -0.2) is 4.79 Å². The van der Waals surface area contributed by atoms with Gasteiger partial charge in [-0.1, -0.05) is 0 Å². The monoisotopic (exact) mass is 232 g/mol. The zero-order chi connectivity index (χ0) is 11.6. The summed E-state index contributed by atoms with van der Waals surface area (Å²) in [7, 11) is 0. The lowest BCUT2D eigenvalue weighted by molar-refractivity contribution is 0.0687. The minimum Gasteiger partial charge on any atom is -0.476 e. The molecule has 0 radical (unpaired) electrons. The Labute approximate surface area is 99.4 Å². The first kappa shape index (κ1) is 9.68. The van der Waals surface area contributed by atoms with Crippen molar-refractivity contribution in [3.8, 4) is 0 Å². The second kappa shape index (κ2) is 3.12. The van der Waals surface area contributed by atoms with E-state index in [4.69, 9.17) is 0 Å². The standard InChI is InChI=1S/C13H16N2O2/c16-13(17)12-10-8-2-6-1-7(3-8)5-9(4-6)11(10)14-15-12/h6-9H,1-5H2,(H,14,15)(H,16,17). The first-order valence-corrected chi connectivity index (χ1v) is 6.53. The molecule has 0 aliphatic heterocycles. The summed E-state index contributed by atoms with van der Waals surface area (Å²) < 4.78 is 0. The molecule has 4 aliphatic carbocycles. The smallest absolute Gasteiger partial charge is 0.356 e. The van der Waals surface area contributed by atoms with Gasteiger partial charge in [0, 0.05) is 17.2 Å². The first-order chi connectivity index (χ1) is 8.22. The fraction of sp³-hybridized carbons (Fsp3) is 0.692. The van der Waals surface area contributed by atoms with Gasteiger partial charge in [-0.15, -0.1) is 0 Å². The van der Waals surface area contributed by atoms with E-state index in [1.54, 1.807) is 0 Å². The number of aromatic nitrogens is 2. The Hall–Kier alpha value is -1.32. The van der Waals surface area contributed by atoms with Gasteiger partial charge in [-0.05, 0) is 49.9 Å². The van der Waals surface area contributed by atoms with Gasteiger partial charge in [0.15, 0.2) is 5.69 Å². The van der Waals surface area contributed by atoms with Gasteiger partial charge in [0.1, 0.15) is 0 Å². The van der Waals surface area contributed by atoms with Crippen molar-refractivity contribution >= 4 is 5.97 Å². The molecule has 5 rings (SSSR count). The number of nitrogens with one attached hydrogen (secondary N) is 1. The SMILES string of the molecule is O=C(O)c1n[nH]c2c1C1CC3CC(CC2C3)C1. The molecule has 4 nitrogen and oxygen atoms in total. The quantitative estimate of drug-likeness (QED) is 0.781. The number of carbonyl (C=O) groups is 1. The van der Waals surface area contributed by atoms with Crippen LogP contribution in [0, 0.1) is 11.8 Å². The van der Waals surface area contributed by atoms with Crippen LogP contribution in [0.25, 0.3) is 0 Å². The number of rotatable bonds is 1. The van der Waals surface area contributed by atoms with Gasteiger partial charge in [-0.3, -0.25) is 5.10 Å². The molecular formula is C13H16N2O2. The summed E-state index contributed by atoms with van der Waals surface area (Å²) >= 11 is 0. The highest BCUT2D eigenvalue weighted by Crippen LogP contribution is 2.56. The molecule has 0 amide bonds. The Morgan fingerprint density at radius 3 is 2.41 bits per heavy atom. The Balaban J connectivity index is 1.90. The van der Waals surface area contributed by atoms with Crippen LogP contribution in [-0.4, -0.2) is 21.3 Å². The minimum absolute atomic E-state index is 0.290. The normalized spacial score (nSPS) is 37.9. The Kier molecular flexibility index (Phi) is 1.78. The molecule has 2 atom stereocenters. The lowest BCUT2D eigenvalue weighted by Crippen LogP contribution is -2.26. The predicted octanol–water partition coefficient (Wildman–Crippen LogP) is 2.50. The summed E-state index contributed by atoms with van der Waals surface area (Å²) in [5.74, 6) is 1.76. The van der Waals surface area contributed by atoms with Crippen LogP contribution in [-0.2, 0) is 0 Å². The highest BCUT2D eigenvalue weighted by molar-refractivity contribution is 5.87. The number of nitrogens with zero attached hydrogens (tertiary/aromatic N) is 1. The number of H-pyrrole nitrogens is 1. The van der Waals surface area contributed by atoms with E-state index in [1.807, 2.05) is 0 Å². The third-order valence-corrected chi connectivity index (χ3v) is 4.99. The fourth-order valence-electron chi connectivity index (χ4n) is 4.57. The van der Waals surface area contributed by atoms with E-state index in [0.29, 0.717) is 17.5 Å². The molecular weight excluding hydrogens is 216 g/mol. The van der Waals surface area contributed by atoms with Crippen molar-refractivity contribution < 1.29 is 9.90 Å². The van der Waals surface area contributed by atoms with E-state index in [2.05, 4.69) is 10.2 Å². The average molecular weight is 232 g/mol. The van der Waals surface area contributed by atoms with Gasteiger partial charge in [-0.2, -0.15) is 5.10 Å². The van der Waals surface area contributed by atoms with Gasteiger partial charge < -0.3 is 5.11 Å². The number of hydrogen-bond acceptors (Lipinski definition) is 2. The lowest BCUT2D eigenvalue weighted by atomic mass is 9.67. The highest BCUT2D eigenvalue weighted by Gasteiger charge is 2.44. The van der Waals surface area contributed by atoms with Crippen LogP contribution in [0.5, 0.6) is 0 Å². The van der Waals surface area contributed by atoms with Crippen LogP contribution in [0.2, 0.25) is 0 Å². The Bertz CT molecular complexity index is 480.